The first kappa shape index (κ1) is 19.4. The van der Waals surface area contributed by atoms with E-state index in [0.29, 0.717) is 53.9 Å². The zero-order valence-electron chi connectivity index (χ0n) is 14.7. The van der Waals surface area contributed by atoms with Gasteiger partial charge in [0.05, 0.1) is 24.7 Å². The van der Waals surface area contributed by atoms with Crippen molar-refractivity contribution in [3.8, 4) is 11.5 Å². The number of carboxylic acids is 1. The lowest BCUT2D eigenvalue weighted by atomic mass is 10.1. The van der Waals surface area contributed by atoms with Crippen molar-refractivity contribution in [2.45, 2.75) is 39.2 Å². The summed E-state index contributed by atoms with van der Waals surface area (Å²) in [7, 11) is 1.49. The molecule has 0 saturated heterocycles. The number of benzene rings is 1. The monoisotopic (exact) mass is 369 g/mol. The number of methoxy groups -OCH3 is 1. The van der Waals surface area contributed by atoms with Gasteiger partial charge in [0, 0.05) is 11.6 Å². The van der Waals surface area contributed by atoms with Crippen molar-refractivity contribution in [2.24, 2.45) is 11.8 Å². The molecule has 1 aromatic rings. The second-order valence-electron chi connectivity index (χ2n) is 6.71. The maximum Gasteiger partial charge on any atom is 0.306 e. The first-order valence-corrected chi connectivity index (χ1v) is 8.73. The van der Waals surface area contributed by atoms with Crippen LogP contribution in [0.25, 0.3) is 0 Å². The standard InChI is InChI=1S/C18H24ClNO5/c1-10(2)9-25-16-14(19)7-12(8-15(16)24-3)17(21)20-13-5-4-11(6-13)18(22)23/h7-8,10-11,13H,4-6,9H2,1-3H3,(H,20,21)(H,22,23)/t11-,13+/m1/s1. The van der Waals surface area contributed by atoms with Crippen LogP contribution in [-0.2, 0) is 4.79 Å². The van der Waals surface area contributed by atoms with Gasteiger partial charge in [-0.25, -0.2) is 0 Å². The third-order valence-corrected chi connectivity index (χ3v) is 4.45. The number of carbonyl (C=O) groups is 2. The quantitative estimate of drug-likeness (QED) is 0.769. The number of hydrogen-bond donors (Lipinski definition) is 2. The van der Waals surface area contributed by atoms with Gasteiger partial charge < -0.3 is 19.9 Å². The van der Waals surface area contributed by atoms with Crippen molar-refractivity contribution >= 4 is 23.5 Å². The van der Waals surface area contributed by atoms with Crippen LogP contribution in [-0.4, -0.2) is 36.7 Å². The molecule has 6 nitrogen and oxygen atoms in total. The summed E-state index contributed by atoms with van der Waals surface area (Å²) < 4.78 is 11.0. The molecule has 7 heteroatoms. The maximum atomic E-state index is 12.5. The molecule has 2 N–H and O–H groups in total. The topological polar surface area (TPSA) is 84.9 Å². The molecule has 1 fully saturated rings. The summed E-state index contributed by atoms with van der Waals surface area (Å²) in [6.07, 6.45) is 1.68. The van der Waals surface area contributed by atoms with Crippen molar-refractivity contribution in [3.05, 3.63) is 22.7 Å². The SMILES string of the molecule is COc1cc(C(=O)N[C@H]2CC[C@@H](C(=O)O)C2)cc(Cl)c1OCC(C)C. The fourth-order valence-electron chi connectivity index (χ4n) is 2.85. The largest absolute Gasteiger partial charge is 0.493 e. The highest BCUT2D eigenvalue weighted by Crippen LogP contribution is 2.37. The average Bonchev–Trinajstić information content (AvgIpc) is 3.01. The molecule has 1 saturated carbocycles. The number of carbonyl (C=O) groups excluding carboxylic acids is 1. The summed E-state index contributed by atoms with van der Waals surface area (Å²) in [5, 5.41) is 12.2. The minimum absolute atomic E-state index is 0.143. The minimum atomic E-state index is -0.812. The van der Waals surface area contributed by atoms with Gasteiger partial charge in [-0.15, -0.1) is 0 Å². The highest BCUT2D eigenvalue weighted by molar-refractivity contribution is 6.32. The Hall–Kier alpha value is -1.95. The molecule has 0 aliphatic heterocycles. The summed E-state index contributed by atoms with van der Waals surface area (Å²) in [5.74, 6) is -0.363. The summed E-state index contributed by atoms with van der Waals surface area (Å²) in [6.45, 7) is 4.53. The van der Waals surface area contributed by atoms with Gasteiger partial charge in [-0.1, -0.05) is 25.4 Å². The van der Waals surface area contributed by atoms with Gasteiger partial charge in [-0.05, 0) is 37.3 Å². The number of aliphatic carboxylic acids is 1. The number of ether oxygens (including phenoxy) is 2. The third kappa shape index (κ3) is 5.01. The van der Waals surface area contributed by atoms with Crippen LogP contribution in [0.3, 0.4) is 0 Å². The molecule has 1 aliphatic rings. The zero-order chi connectivity index (χ0) is 18.6. The molecule has 0 aromatic heterocycles. The molecule has 1 aromatic carbocycles. The van der Waals surface area contributed by atoms with Gasteiger partial charge in [0.25, 0.3) is 5.91 Å². The lowest BCUT2D eigenvalue weighted by molar-refractivity contribution is -0.141. The number of nitrogens with one attached hydrogen (secondary N) is 1. The average molecular weight is 370 g/mol. The van der Waals surface area contributed by atoms with Crippen molar-refractivity contribution < 1.29 is 24.2 Å². The molecule has 2 rings (SSSR count). The normalized spacial score (nSPS) is 19.7. The summed E-state index contributed by atoms with van der Waals surface area (Å²) in [4.78, 5) is 23.5. The van der Waals surface area contributed by atoms with E-state index >= 15 is 0 Å². The van der Waals surface area contributed by atoms with Crippen LogP contribution in [0, 0.1) is 11.8 Å². The predicted molar refractivity (Wildman–Crippen MR) is 94.6 cm³/mol. The highest BCUT2D eigenvalue weighted by Gasteiger charge is 2.31. The lowest BCUT2D eigenvalue weighted by Gasteiger charge is -2.17. The fraction of sp³-hybridized carbons (Fsp3) is 0.556. The lowest BCUT2D eigenvalue weighted by Crippen LogP contribution is -2.33. The van der Waals surface area contributed by atoms with Crippen molar-refractivity contribution in [3.63, 3.8) is 0 Å². The number of carboxylic acid groups (broad SMARTS) is 1. The fourth-order valence-corrected chi connectivity index (χ4v) is 3.11. The van der Waals surface area contributed by atoms with E-state index in [-0.39, 0.29) is 11.9 Å². The molecular formula is C18H24ClNO5. The van der Waals surface area contributed by atoms with Crippen LogP contribution in [0.4, 0.5) is 0 Å². The Morgan fingerprint density at radius 1 is 1.36 bits per heavy atom. The van der Waals surface area contributed by atoms with E-state index < -0.39 is 11.9 Å². The molecule has 1 amide bonds. The Kier molecular flexibility index (Phi) is 6.53. The second-order valence-corrected chi connectivity index (χ2v) is 7.12. The van der Waals surface area contributed by atoms with E-state index in [4.69, 9.17) is 26.2 Å². The molecule has 0 spiro atoms. The Morgan fingerprint density at radius 2 is 2.08 bits per heavy atom. The molecule has 0 unspecified atom stereocenters. The van der Waals surface area contributed by atoms with Gasteiger partial charge in [-0.2, -0.15) is 0 Å². The smallest absolute Gasteiger partial charge is 0.306 e. The van der Waals surface area contributed by atoms with Crippen LogP contribution < -0.4 is 14.8 Å². The summed E-state index contributed by atoms with van der Waals surface area (Å²) in [5.41, 5.74) is 0.359. The number of halogens is 1. The van der Waals surface area contributed by atoms with Crippen LogP contribution in [0.15, 0.2) is 12.1 Å². The first-order valence-electron chi connectivity index (χ1n) is 8.35. The van der Waals surface area contributed by atoms with E-state index in [1.807, 2.05) is 13.8 Å². The number of amides is 1. The molecule has 138 valence electrons. The van der Waals surface area contributed by atoms with E-state index in [2.05, 4.69) is 5.32 Å². The second kappa shape index (κ2) is 8.43. The Bertz CT molecular complexity index is 647. The predicted octanol–water partition coefficient (Wildman–Crippen LogP) is 3.37. The van der Waals surface area contributed by atoms with Crippen molar-refractivity contribution in [1.82, 2.24) is 5.32 Å². The third-order valence-electron chi connectivity index (χ3n) is 4.17. The number of rotatable bonds is 7. The van der Waals surface area contributed by atoms with Crippen LogP contribution in [0.2, 0.25) is 5.02 Å². The Balaban J connectivity index is 2.09. The molecule has 2 atom stereocenters. The van der Waals surface area contributed by atoms with Gasteiger partial charge >= 0.3 is 5.97 Å². The Labute approximate surface area is 152 Å². The van der Waals surface area contributed by atoms with E-state index in [9.17, 15) is 9.59 Å². The molecule has 0 heterocycles. The van der Waals surface area contributed by atoms with Crippen molar-refractivity contribution in [2.75, 3.05) is 13.7 Å². The maximum absolute atomic E-state index is 12.5. The van der Waals surface area contributed by atoms with Crippen LogP contribution in [0.5, 0.6) is 11.5 Å². The van der Waals surface area contributed by atoms with Crippen LogP contribution in [0.1, 0.15) is 43.5 Å². The van der Waals surface area contributed by atoms with E-state index in [1.54, 1.807) is 12.1 Å². The molecule has 1 aliphatic carbocycles. The molecular weight excluding hydrogens is 346 g/mol. The molecule has 25 heavy (non-hydrogen) atoms. The summed E-state index contributed by atoms with van der Waals surface area (Å²) >= 11 is 6.26. The Morgan fingerprint density at radius 3 is 2.64 bits per heavy atom. The van der Waals surface area contributed by atoms with E-state index in [0.717, 1.165) is 0 Å². The molecule has 0 bridgehead atoms. The van der Waals surface area contributed by atoms with Gasteiger partial charge in [0.2, 0.25) is 0 Å². The summed E-state index contributed by atoms with van der Waals surface area (Å²) in [6, 6.07) is 2.98. The van der Waals surface area contributed by atoms with Crippen molar-refractivity contribution in [1.29, 1.82) is 0 Å². The first-order chi connectivity index (χ1) is 11.8. The van der Waals surface area contributed by atoms with Crippen LogP contribution >= 0.6 is 11.6 Å². The highest BCUT2D eigenvalue weighted by atomic mass is 35.5. The zero-order valence-corrected chi connectivity index (χ0v) is 15.4. The minimum Gasteiger partial charge on any atom is -0.493 e. The molecule has 0 radical (unpaired) electrons. The van der Waals surface area contributed by atoms with E-state index in [1.165, 1.54) is 7.11 Å². The van der Waals surface area contributed by atoms with Gasteiger partial charge in [-0.3, -0.25) is 9.59 Å². The number of hydrogen-bond acceptors (Lipinski definition) is 4. The van der Waals surface area contributed by atoms with Gasteiger partial charge in [0.1, 0.15) is 0 Å². The van der Waals surface area contributed by atoms with Gasteiger partial charge in [0.15, 0.2) is 11.5 Å².